The van der Waals surface area contributed by atoms with Gasteiger partial charge in [0.05, 0.1) is 33.5 Å². The topological polar surface area (TPSA) is 97.2 Å². The van der Waals surface area contributed by atoms with Crippen LogP contribution in [0.2, 0.25) is 5.02 Å². The molecule has 0 radical (unpaired) electrons. The molecule has 3 aliphatic rings. The van der Waals surface area contributed by atoms with Gasteiger partial charge in [-0.2, -0.15) is 0 Å². The Labute approximate surface area is 219 Å². The van der Waals surface area contributed by atoms with E-state index in [9.17, 15) is 9.18 Å². The number of carbonyl (C=O) groups is 1. The minimum Gasteiger partial charge on any atom is -0.351 e. The third-order valence-corrected chi connectivity index (χ3v) is 8.13. The van der Waals surface area contributed by atoms with Crippen LogP contribution in [0.15, 0.2) is 24.5 Å². The summed E-state index contributed by atoms with van der Waals surface area (Å²) in [6, 6.07) is 3.51. The van der Waals surface area contributed by atoms with E-state index in [1.807, 2.05) is 12.1 Å². The summed E-state index contributed by atoms with van der Waals surface area (Å²) in [4.78, 5) is 33.1. The average molecular weight is 528 g/mol. The highest BCUT2D eigenvalue weighted by atomic mass is 35.5. The molecule has 196 valence electrons. The third-order valence-electron chi connectivity index (χ3n) is 7.92. The fraction of sp³-hybridized carbons (Fsp3) is 0.538. The summed E-state index contributed by atoms with van der Waals surface area (Å²) in [5.74, 6) is 2.04. The summed E-state index contributed by atoms with van der Waals surface area (Å²) >= 11 is 6.34. The largest absolute Gasteiger partial charge is 0.427 e. The second-order valence-corrected chi connectivity index (χ2v) is 11.0. The summed E-state index contributed by atoms with van der Waals surface area (Å²) in [6.07, 6.45) is 8.60. The van der Waals surface area contributed by atoms with Crippen molar-refractivity contribution in [1.29, 1.82) is 0 Å². The normalized spacial score (nSPS) is 26.0. The van der Waals surface area contributed by atoms with Gasteiger partial charge in [-0.15, -0.1) is 5.48 Å². The quantitative estimate of drug-likeness (QED) is 0.457. The smallest absolute Gasteiger partial charge is 0.351 e. The van der Waals surface area contributed by atoms with E-state index < -0.39 is 18.9 Å². The van der Waals surface area contributed by atoms with Crippen molar-refractivity contribution in [2.24, 2.45) is 11.8 Å². The van der Waals surface area contributed by atoms with Crippen LogP contribution in [-0.2, 0) is 11.4 Å². The van der Waals surface area contributed by atoms with Gasteiger partial charge in [-0.05, 0) is 49.7 Å². The number of hydroxylamine groups is 1. The van der Waals surface area contributed by atoms with E-state index in [1.165, 1.54) is 12.8 Å². The Balaban J connectivity index is 1.54. The Morgan fingerprint density at radius 3 is 2.73 bits per heavy atom. The molecule has 3 aromatic heterocycles. The van der Waals surface area contributed by atoms with Gasteiger partial charge in [0.15, 0.2) is 6.17 Å². The summed E-state index contributed by atoms with van der Waals surface area (Å²) in [6.45, 7) is 3.47. The maximum Gasteiger partial charge on any atom is 0.427 e. The average Bonchev–Trinajstić information content (AvgIpc) is 3.63. The number of hydrogen-bond acceptors (Lipinski definition) is 7. The molecular weight excluding hydrogens is 497 g/mol. The number of alkyl halides is 1. The van der Waals surface area contributed by atoms with E-state index in [4.69, 9.17) is 26.4 Å². The molecule has 3 aromatic rings. The number of hydrogen-bond donors (Lipinski definition) is 2. The third kappa shape index (κ3) is 4.72. The van der Waals surface area contributed by atoms with E-state index >= 15 is 0 Å². The van der Waals surface area contributed by atoms with Crippen LogP contribution < -0.4 is 15.7 Å². The van der Waals surface area contributed by atoms with Gasteiger partial charge in [0, 0.05) is 31.0 Å². The lowest BCUT2D eigenvalue weighted by molar-refractivity contribution is 0.121. The molecular formula is C26H31ClFN7O2. The highest BCUT2D eigenvalue weighted by molar-refractivity contribution is 6.30. The van der Waals surface area contributed by atoms with E-state index in [2.05, 4.69) is 32.2 Å². The molecule has 0 spiro atoms. The number of aromatic nitrogens is 4. The molecule has 1 amide bonds. The number of pyridine rings is 2. The SMILES string of the molecule is CC1CCC(Cn2c(N3CCC[C@H]3CF)nc3cc(C4NOC(=O)N4)nc(-c4cncc(Cl)c4)c32)CC1. The maximum absolute atomic E-state index is 14.0. The first-order valence-corrected chi connectivity index (χ1v) is 13.5. The maximum atomic E-state index is 14.0. The van der Waals surface area contributed by atoms with Crippen LogP contribution in [0.4, 0.5) is 15.1 Å². The molecule has 2 N–H and O–H groups in total. The molecule has 2 saturated heterocycles. The molecule has 0 bridgehead atoms. The van der Waals surface area contributed by atoms with Gasteiger partial charge in [0.1, 0.15) is 6.67 Å². The Morgan fingerprint density at radius 1 is 1.16 bits per heavy atom. The molecule has 1 aliphatic carbocycles. The number of carbonyl (C=O) groups excluding carboxylic acids is 1. The zero-order valence-corrected chi connectivity index (χ0v) is 21.5. The van der Waals surface area contributed by atoms with E-state index in [-0.39, 0.29) is 6.04 Å². The number of imidazole rings is 1. The van der Waals surface area contributed by atoms with E-state index in [1.54, 1.807) is 12.4 Å². The molecule has 5 heterocycles. The highest BCUT2D eigenvalue weighted by Gasteiger charge is 2.33. The van der Waals surface area contributed by atoms with Crippen molar-refractivity contribution in [3.05, 3.63) is 35.2 Å². The van der Waals surface area contributed by atoms with Crippen LogP contribution in [0, 0.1) is 11.8 Å². The van der Waals surface area contributed by atoms with Crippen molar-refractivity contribution in [3.8, 4) is 11.3 Å². The Kier molecular flexibility index (Phi) is 6.62. The van der Waals surface area contributed by atoms with Crippen LogP contribution in [0.25, 0.3) is 22.3 Å². The lowest BCUT2D eigenvalue weighted by Crippen LogP contribution is -2.33. The van der Waals surface area contributed by atoms with Crippen molar-refractivity contribution in [2.75, 3.05) is 18.1 Å². The molecule has 11 heteroatoms. The standard InChI is InChI=1S/C26H31ClFN7O2/c1-15-4-6-16(7-5-15)14-35-23-20(31-25(35)34-8-2-3-19(34)11-28)10-21(24-32-26(36)37-33-24)30-22(23)17-9-18(27)13-29-12-17/h9-10,12-13,15-16,19,24,33H,2-8,11,14H2,1H3,(H,32,36)/t15?,16?,19-,24?/m0/s1. The first-order chi connectivity index (χ1) is 18.0. The van der Waals surface area contributed by atoms with Crippen molar-refractivity contribution >= 4 is 34.7 Å². The molecule has 2 aliphatic heterocycles. The van der Waals surface area contributed by atoms with Crippen LogP contribution in [0.3, 0.4) is 0 Å². The lowest BCUT2D eigenvalue weighted by atomic mass is 9.83. The fourth-order valence-electron chi connectivity index (χ4n) is 5.90. The van der Waals surface area contributed by atoms with Gasteiger partial charge in [-0.1, -0.05) is 31.4 Å². The molecule has 3 fully saturated rings. The molecule has 1 saturated carbocycles. The predicted molar refractivity (Wildman–Crippen MR) is 139 cm³/mol. The number of halogens is 2. The Bertz CT molecular complexity index is 1310. The monoisotopic (exact) mass is 527 g/mol. The van der Waals surface area contributed by atoms with Crippen LogP contribution >= 0.6 is 11.6 Å². The Morgan fingerprint density at radius 2 is 2.00 bits per heavy atom. The van der Waals surface area contributed by atoms with E-state index in [0.29, 0.717) is 22.3 Å². The van der Waals surface area contributed by atoms with Crippen molar-refractivity contribution in [2.45, 2.75) is 64.2 Å². The summed E-state index contributed by atoms with van der Waals surface area (Å²) in [5, 5.41) is 3.21. The number of nitrogens with one attached hydrogen (secondary N) is 2. The first-order valence-electron chi connectivity index (χ1n) is 13.1. The van der Waals surface area contributed by atoms with E-state index in [0.717, 1.165) is 67.2 Å². The minimum absolute atomic E-state index is 0.185. The minimum atomic E-state index is -0.624. The van der Waals surface area contributed by atoms with Crippen LogP contribution in [0.5, 0.6) is 0 Å². The van der Waals surface area contributed by atoms with Gasteiger partial charge >= 0.3 is 6.09 Å². The molecule has 6 rings (SSSR count). The molecule has 1 unspecified atom stereocenters. The molecule has 2 atom stereocenters. The Hall–Kier alpha value is -2.98. The summed E-state index contributed by atoms with van der Waals surface area (Å²) in [7, 11) is 0. The second kappa shape index (κ2) is 10.1. The van der Waals surface area contributed by atoms with Gasteiger partial charge < -0.3 is 14.3 Å². The summed E-state index contributed by atoms with van der Waals surface area (Å²) < 4.78 is 16.3. The van der Waals surface area contributed by atoms with Crippen molar-refractivity contribution in [3.63, 3.8) is 0 Å². The fourth-order valence-corrected chi connectivity index (χ4v) is 6.07. The van der Waals surface area contributed by atoms with Gasteiger partial charge in [-0.3, -0.25) is 10.3 Å². The molecule has 37 heavy (non-hydrogen) atoms. The molecule has 0 aromatic carbocycles. The number of fused-ring (bicyclic) bond motifs is 1. The number of anilines is 1. The predicted octanol–water partition coefficient (Wildman–Crippen LogP) is 5.15. The van der Waals surface area contributed by atoms with Gasteiger partial charge in [0.25, 0.3) is 0 Å². The zero-order valence-electron chi connectivity index (χ0n) is 20.8. The number of amides is 1. The van der Waals surface area contributed by atoms with Crippen LogP contribution in [0.1, 0.15) is 57.3 Å². The first kappa shape index (κ1) is 24.4. The highest BCUT2D eigenvalue weighted by Crippen LogP contribution is 2.38. The summed E-state index contributed by atoms with van der Waals surface area (Å²) in [5.41, 5.74) is 6.25. The second-order valence-electron chi connectivity index (χ2n) is 10.5. The van der Waals surface area contributed by atoms with Gasteiger partial charge in [0.2, 0.25) is 5.95 Å². The lowest BCUT2D eigenvalue weighted by Gasteiger charge is -2.30. The van der Waals surface area contributed by atoms with Crippen LogP contribution in [-0.4, -0.2) is 44.9 Å². The zero-order chi connectivity index (χ0) is 25.5. The van der Waals surface area contributed by atoms with Crippen molar-refractivity contribution < 1.29 is 14.0 Å². The number of rotatable bonds is 6. The number of nitrogens with zero attached hydrogens (tertiary/aromatic N) is 5. The van der Waals surface area contributed by atoms with Crippen molar-refractivity contribution in [1.82, 2.24) is 30.3 Å². The van der Waals surface area contributed by atoms with Gasteiger partial charge in [-0.25, -0.2) is 19.2 Å². The molecule has 9 nitrogen and oxygen atoms in total.